The number of morpholine rings is 1. The lowest BCUT2D eigenvalue weighted by Crippen LogP contribution is -2.63. The Labute approximate surface area is 170 Å². The maximum absolute atomic E-state index is 13.1. The van der Waals surface area contributed by atoms with Crippen molar-refractivity contribution in [1.82, 2.24) is 4.90 Å². The van der Waals surface area contributed by atoms with E-state index in [4.69, 9.17) is 9.47 Å². The summed E-state index contributed by atoms with van der Waals surface area (Å²) < 4.78 is 24.3. The minimum absolute atomic E-state index is 0.205. The third-order valence-electron chi connectivity index (χ3n) is 5.85. The highest BCUT2D eigenvalue weighted by Crippen LogP contribution is 2.37. The fourth-order valence-electron chi connectivity index (χ4n) is 4.40. The highest BCUT2D eigenvalue weighted by molar-refractivity contribution is 5.69. The van der Waals surface area contributed by atoms with Gasteiger partial charge in [-0.15, -0.1) is 0 Å². The zero-order valence-electron chi connectivity index (χ0n) is 16.3. The van der Waals surface area contributed by atoms with Crippen LogP contribution in [-0.2, 0) is 22.5 Å². The number of aliphatic hydroxyl groups is 1. The lowest BCUT2D eigenvalue weighted by atomic mass is 9.78. The predicted octanol–water partition coefficient (Wildman–Crippen LogP) is 3.69. The molecule has 2 aromatic rings. The minimum atomic E-state index is -0.871. The summed E-state index contributed by atoms with van der Waals surface area (Å²) in [5.74, 6) is -0.263. The number of hydrogen-bond acceptors (Lipinski definition) is 4. The normalized spacial score (nSPS) is 26.2. The van der Waals surface area contributed by atoms with Crippen molar-refractivity contribution in [2.24, 2.45) is 0 Å². The Bertz CT molecular complexity index is 813. The first-order valence-corrected chi connectivity index (χ1v) is 10.1. The van der Waals surface area contributed by atoms with E-state index in [2.05, 4.69) is 0 Å². The molecule has 2 aliphatic rings. The molecule has 0 aliphatic carbocycles. The molecule has 0 spiro atoms. The van der Waals surface area contributed by atoms with E-state index < -0.39 is 5.60 Å². The van der Waals surface area contributed by atoms with E-state index in [0.717, 1.165) is 11.1 Å². The Morgan fingerprint density at radius 1 is 1.07 bits per heavy atom. The van der Waals surface area contributed by atoms with Crippen LogP contribution in [0.3, 0.4) is 0 Å². The maximum Gasteiger partial charge on any atom is 0.410 e. The van der Waals surface area contributed by atoms with Crippen molar-refractivity contribution in [1.29, 1.82) is 0 Å². The third-order valence-corrected chi connectivity index (χ3v) is 5.85. The number of aryl methyl sites for hydroxylation is 1. The Morgan fingerprint density at radius 2 is 1.72 bits per heavy atom. The van der Waals surface area contributed by atoms with E-state index in [-0.39, 0.29) is 30.6 Å². The number of carbonyl (C=O) groups is 1. The first-order chi connectivity index (χ1) is 14.0. The summed E-state index contributed by atoms with van der Waals surface area (Å²) in [5, 5.41) is 11.2. The van der Waals surface area contributed by atoms with E-state index in [0.29, 0.717) is 38.9 Å². The number of halogens is 1. The average molecular weight is 399 g/mol. The second kappa shape index (κ2) is 8.51. The Morgan fingerprint density at radius 3 is 2.38 bits per heavy atom. The predicted molar refractivity (Wildman–Crippen MR) is 106 cm³/mol. The van der Waals surface area contributed by atoms with Crippen molar-refractivity contribution >= 4 is 6.09 Å². The van der Waals surface area contributed by atoms with E-state index in [9.17, 15) is 14.3 Å². The molecule has 154 valence electrons. The molecule has 5 nitrogen and oxygen atoms in total. The molecule has 2 aliphatic heterocycles. The monoisotopic (exact) mass is 399 g/mol. The third kappa shape index (κ3) is 4.77. The van der Waals surface area contributed by atoms with Gasteiger partial charge in [0.2, 0.25) is 0 Å². The topological polar surface area (TPSA) is 59.0 Å². The summed E-state index contributed by atoms with van der Waals surface area (Å²) in [5.41, 5.74) is 1.06. The van der Waals surface area contributed by atoms with Crippen LogP contribution in [-0.4, -0.2) is 47.0 Å². The van der Waals surface area contributed by atoms with E-state index in [1.54, 1.807) is 17.0 Å². The molecule has 2 aromatic carbocycles. The molecule has 0 saturated carbocycles. The number of rotatable bonds is 5. The lowest BCUT2D eigenvalue weighted by Gasteiger charge is -2.51. The molecule has 2 heterocycles. The molecule has 1 N–H and O–H groups in total. The largest absolute Gasteiger partial charge is 0.445 e. The standard InChI is InChI=1S/C23H26FNO4/c24-19-8-6-17(7-9-19)10-11-23(27)12-20-15-28-16-21(13-23)25(20)22(26)29-14-18-4-2-1-3-5-18/h1-9,20-21,27H,10-16H2. The van der Waals surface area contributed by atoms with Gasteiger partial charge in [0.25, 0.3) is 0 Å². The number of hydrogen-bond donors (Lipinski definition) is 1. The number of nitrogens with zero attached hydrogens (tertiary/aromatic N) is 1. The molecule has 2 bridgehead atoms. The summed E-state index contributed by atoms with van der Waals surface area (Å²) in [6, 6.07) is 15.5. The highest BCUT2D eigenvalue weighted by Gasteiger charge is 2.48. The second-order valence-corrected chi connectivity index (χ2v) is 8.05. The van der Waals surface area contributed by atoms with Gasteiger partial charge in [-0.3, -0.25) is 4.90 Å². The van der Waals surface area contributed by atoms with E-state index in [1.165, 1.54) is 12.1 Å². The number of piperidine rings is 1. The first-order valence-electron chi connectivity index (χ1n) is 10.1. The van der Waals surface area contributed by atoms with Gasteiger partial charge < -0.3 is 14.6 Å². The number of fused-ring (bicyclic) bond motifs is 2. The van der Waals surface area contributed by atoms with Crippen molar-refractivity contribution in [3.8, 4) is 0 Å². The number of carbonyl (C=O) groups excluding carboxylic acids is 1. The van der Waals surface area contributed by atoms with Crippen LogP contribution in [0.5, 0.6) is 0 Å². The number of benzene rings is 2. The van der Waals surface area contributed by atoms with Crippen molar-refractivity contribution in [3.63, 3.8) is 0 Å². The van der Waals surface area contributed by atoms with Gasteiger partial charge >= 0.3 is 6.09 Å². The molecule has 0 aromatic heterocycles. The van der Waals surface area contributed by atoms with Gasteiger partial charge in [0.1, 0.15) is 12.4 Å². The Kier molecular flexibility index (Phi) is 5.83. The van der Waals surface area contributed by atoms with Gasteiger partial charge in [-0.2, -0.15) is 0 Å². The summed E-state index contributed by atoms with van der Waals surface area (Å²) >= 11 is 0. The summed E-state index contributed by atoms with van der Waals surface area (Å²) in [4.78, 5) is 14.5. The molecule has 6 heteroatoms. The minimum Gasteiger partial charge on any atom is -0.445 e. The zero-order chi connectivity index (χ0) is 20.3. The van der Waals surface area contributed by atoms with Crippen LogP contribution < -0.4 is 0 Å². The number of ether oxygens (including phenoxy) is 2. The van der Waals surface area contributed by atoms with Gasteiger partial charge in [-0.25, -0.2) is 9.18 Å². The summed E-state index contributed by atoms with van der Waals surface area (Å²) in [7, 11) is 0. The number of amides is 1. The van der Waals surface area contributed by atoms with Gasteiger partial charge in [0.05, 0.1) is 30.9 Å². The molecular weight excluding hydrogens is 373 g/mol. The van der Waals surface area contributed by atoms with Crippen LogP contribution in [0, 0.1) is 5.82 Å². The molecule has 2 saturated heterocycles. The molecule has 2 fully saturated rings. The van der Waals surface area contributed by atoms with Gasteiger partial charge in [-0.05, 0) is 48.9 Å². The van der Waals surface area contributed by atoms with Crippen molar-refractivity contribution in [2.75, 3.05) is 13.2 Å². The van der Waals surface area contributed by atoms with Crippen LogP contribution >= 0.6 is 0 Å². The molecule has 2 unspecified atom stereocenters. The quantitative estimate of drug-likeness (QED) is 0.833. The molecule has 1 amide bonds. The first kappa shape index (κ1) is 19.9. The van der Waals surface area contributed by atoms with Crippen LogP contribution in [0.15, 0.2) is 54.6 Å². The van der Waals surface area contributed by atoms with Gasteiger partial charge in [0.15, 0.2) is 0 Å². The Hall–Kier alpha value is -2.44. The van der Waals surface area contributed by atoms with Crippen LogP contribution in [0.4, 0.5) is 9.18 Å². The van der Waals surface area contributed by atoms with Gasteiger partial charge in [0, 0.05) is 0 Å². The van der Waals surface area contributed by atoms with Crippen molar-refractivity contribution < 1.29 is 23.8 Å². The average Bonchev–Trinajstić information content (AvgIpc) is 2.72. The van der Waals surface area contributed by atoms with Crippen LogP contribution in [0.1, 0.15) is 30.4 Å². The zero-order valence-corrected chi connectivity index (χ0v) is 16.3. The molecule has 4 rings (SSSR count). The van der Waals surface area contributed by atoms with Crippen LogP contribution in [0.2, 0.25) is 0 Å². The summed E-state index contributed by atoms with van der Waals surface area (Å²) in [6.07, 6.45) is 1.78. The molecule has 2 atom stereocenters. The SMILES string of the molecule is O=C(OCc1ccccc1)N1C2COCC1CC(O)(CCc1ccc(F)cc1)C2. The van der Waals surface area contributed by atoms with Crippen molar-refractivity contribution in [3.05, 3.63) is 71.5 Å². The lowest BCUT2D eigenvalue weighted by molar-refractivity contribution is -0.135. The fraction of sp³-hybridized carbons (Fsp3) is 0.435. The maximum atomic E-state index is 13.1. The van der Waals surface area contributed by atoms with E-state index >= 15 is 0 Å². The summed E-state index contributed by atoms with van der Waals surface area (Å²) in [6.45, 7) is 1.02. The fourth-order valence-corrected chi connectivity index (χ4v) is 4.40. The second-order valence-electron chi connectivity index (χ2n) is 8.05. The highest BCUT2D eigenvalue weighted by atomic mass is 19.1. The Balaban J connectivity index is 1.37. The van der Waals surface area contributed by atoms with Gasteiger partial charge in [-0.1, -0.05) is 42.5 Å². The smallest absolute Gasteiger partial charge is 0.410 e. The molecule has 0 radical (unpaired) electrons. The molecular formula is C23H26FNO4. The van der Waals surface area contributed by atoms with Crippen LogP contribution in [0.25, 0.3) is 0 Å². The molecule has 29 heavy (non-hydrogen) atoms. The van der Waals surface area contributed by atoms with E-state index in [1.807, 2.05) is 30.3 Å². The van der Waals surface area contributed by atoms with Crippen molar-refractivity contribution in [2.45, 2.75) is 50.0 Å².